The van der Waals surface area contributed by atoms with Gasteiger partial charge in [-0.05, 0) is 18.6 Å². The van der Waals surface area contributed by atoms with Gasteiger partial charge in [0.1, 0.15) is 12.4 Å². The molecule has 1 rings (SSSR count). The molecule has 0 heterocycles. The summed E-state index contributed by atoms with van der Waals surface area (Å²) in [6, 6.07) is 3.94. The van der Waals surface area contributed by atoms with Gasteiger partial charge in [0.25, 0.3) is 0 Å². The second kappa shape index (κ2) is 9.14. The van der Waals surface area contributed by atoms with Crippen LogP contribution < -0.4 is 4.74 Å². The van der Waals surface area contributed by atoms with Gasteiger partial charge in [-0.2, -0.15) is 13.2 Å². The molecule has 1 aromatic carbocycles. The van der Waals surface area contributed by atoms with Crippen molar-refractivity contribution in [2.45, 2.75) is 51.4 Å². The summed E-state index contributed by atoms with van der Waals surface area (Å²) in [7, 11) is -1.51. The first-order chi connectivity index (χ1) is 10.3. The van der Waals surface area contributed by atoms with Crippen LogP contribution in [0.3, 0.4) is 0 Å². The van der Waals surface area contributed by atoms with E-state index in [-0.39, 0.29) is 18.5 Å². The molecule has 0 amide bonds. The number of halogens is 3. The standard InChI is InChI=1S/C16H23F3O2P/c1-3-4-5-6-7-10-21-15-9-8-13(12-22(2)20)11-14(15)16(17,18)19/h8-9,11H,3-7,10,12H2,1-2H3/q+1. The van der Waals surface area contributed by atoms with Crippen molar-refractivity contribution in [3.63, 3.8) is 0 Å². The van der Waals surface area contributed by atoms with Gasteiger partial charge in [-0.15, -0.1) is 0 Å². The highest BCUT2D eigenvalue weighted by molar-refractivity contribution is 7.42. The number of benzene rings is 1. The van der Waals surface area contributed by atoms with Crippen LogP contribution in [0, 0.1) is 0 Å². The summed E-state index contributed by atoms with van der Waals surface area (Å²) >= 11 is 0. The van der Waals surface area contributed by atoms with Crippen LogP contribution in [-0.4, -0.2) is 13.3 Å². The van der Waals surface area contributed by atoms with Gasteiger partial charge >= 0.3 is 14.0 Å². The highest BCUT2D eigenvalue weighted by Crippen LogP contribution is 2.38. The van der Waals surface area contributed by atoms with Crippen molar-refractivity contribution >= 4 is 7.80 Å². The molecule has 1 unspecified atom stereocenters. The lowest BCUT2D eigenvalue weighted by Crippen LogP contribution is -2.10. The first-order valence-corrected chi connectivity index (χ1v) is 9.45. The lowest BCUT2D eigenvalue weighted by Gasteiger charge is -2.14. The van der Waals surface area contributed by atoms with E-state index in [4.69, 9.17) is 4.74 Å². The minimum Gasteiger partial charge on any atom is -0.493 e. The van der Waals surface area contributed by atoms with Gasteiger partial charge in [-0.25, -0.2) is 0 Å². The number of alkyl halides is 3. The molecule has 0 saturated carbocycles. The summed E-state index contributed by atoms with van der Waals surface area (Å²) in [6.45, 7) is 3.90. The van der Waals surface area contributed by atoms with Crippen molar-refractivity contribution in [3.8, 4) is 5.75 Å². The fraction of sp³-hybridized carbons (Fsp3) is 0.625. The zero-order chi connectivity index (χ0) is 16.6. The molecule has 0 saturated heterocycles. The van der Waals surface area contributed by atoms with Crippen LogP contribution in [0.4, 0.5) is 13.2 Å². The van der Waals surface area contributed by atoms with Gasteiger partial charge in [0.15, 0.2) is 6.16 Å². The van der Waals surface area contributed by atoms with E-state index < -0.39 is 19.5 Å². The van der Waals surface area contributed by atoms with Crippen LogP contribution >= 0.6 is 7.80 Å². The van der Waals surface area contributed by atoms with E-state index in [0.717, 1.165) is 38.2 Å². The molecule has 0 spiro atoms. The molecule has 0 aromatic heterocycles. The van der Waals surface area contributed by atoms with Crippen molar-refractivity contribution in [1.29, 1.82) is 0 Å². The van der Waals surface area contributed by atoms with Crippen LogP contribution in [0.25, 0.3) is 0 Å². The van der Waals surface area contributed by atoms with Crippen LogP contribution in [0.5, 0.6) is 5.75 Å². The summed E-state index contributed by atoms with van der Waals surface area (Å²) in [5.74, 6) is -0.141. The molecule has 0 aliphatic heterocycles. The topological polar surface area (TPSA) is 26.3 Å². The molecule has 22 heavy (non-hydrogen) atoms. The Bertz CT molecular complexity index is 487. The molecule has 6 heteroatoms. The SMILES string of the molecule is CCCCCCCOc1ccc(C[P+](C)=O)cc1C(F)(F)F. The maximum absolute atomic E-state index is 13.1. The van der Waals surface area contributed by atoms with Gasteiger partial charge < -0.3 is 4.74 Å². The van der Waals surface area contributed by atoms with Gasteiger partial charge in [0.2, 0.25) is 0 Å². The number of ether oxygens (including phenoxy) is 1. The average molecular weight is 335 g/mol. The van der Waals surface area contributed by atoms with Gasteiger partial charge in [-0.1, -0.05) is 43.2 Å². The van der Waals surface area contributed by atoms with E-state index in [1.54, 1.807) is 6.07 Å². The van der Waals surface area contributed by atoms with Crippen molar-refractivity contribution < 1.29 is 22.5 Å². The number of unbranched alkanes of at least 4 members (excludes halogenated alkanes) is 4. The van der Waals surface area contributed by atoms with Crippen molar-refractivity contribution in [2.24, 2.45) is 0 Å². The second-order valence-corrected chi connectivity index (χ2v) is 6.95. The van der Waals surface area contributed by atoms with Crippen molar-refractivity contribution in [2.75, 3.05) is 13.3 Å². The monoisotopic (exact) mass is 335 g/mol. The third-order valence-electron chi connectivity index (χ3n) is 3.26. The summed E-state index contributed by atoms with van der Waals surface area (Å²) in [6.07, 6.45) is 0.735. The molecule has 0 aliphatic carbocycles. The Morgan fingerprint density at radius 1 is 1.14 bits per heavy atom. The summed E-state index contributed by atoms with van der Waals surface area (Å²) < 4.78 is 55.8. The third-order valence-corrected chi connectivity index (χ3v) is 4.07. The van der Waals surface area contributed by atoms with Crippen LogP contribution in [0.2, 0.25) is 0 Å². The van der Waals surface area contributed by atoms with Crippen molar-refractivity contribution in [3.05, 3.63) is 29.3 Å². The average Bonchev–Trinajstić information content (AvgIpc) is 2.42. The van der Waals surface area contributed by atoms with E-state index in [1.807, 2.05) is 0 Å². The maximum Gasteiger partial charge on any atom is 0.419 e. The first-order valence-electron chi connectivity index (χ1n) is 7.55. The largest absolute Gasteiger partial charge is 0.493 e. The molecule has 0 radical (unpaired) electrons. The van der Waals surface area contributed by atoms with Gasteiger partial charge in [0, 0.05) is 5.56 Å². The molecule has 0 fully saturated rings. The predicted molar refractivity (Wildman–Crippen MR) is 82.9 cm³/mol. The maximum atomic E-state index is 13.1. The highest BCUT2D eigenvalue weighted by Gasteiger charge is 2.35. The zero-order valence-corrected chi connectivity index (χ0v) is 14.0. The Hall–Kier alpha value is -1.09. The molecular formula is C16H23F3O2P+. The fourth-order valence-corrected chi connectivity index (χ4v) is 2.88. The van der Waals surface area contributed by atoms with Crippen LogP contribution in [0.15, 0.2) is 18.2 Å². The predicted octanol–water partition coefficient (Wildman–Crippen LogP) is 6.01. The number of rotatable bonds is 9. The number of hydrogen-bond donors (Lipinski definition) is 0. The first kappa shape index (κ1) is 19.0. The Morgan fingerprint density at radius 2 is 1.82 bits per heavy atom. The van der Waals surface area contributed by atoms with Gasteiger partial charge in [-0.3, -0.25) is 0 Å². The van der Waals surface area contributed by atoms with E-state index in [0.29, 0.717) is 5.56 Å². The van der Waals surface area contributed by atoms with Crippen LogP contribution in [0.1, 0.15) is 50.2 Å². The van der Waals surface area contributed by atoms with E-state index in [2.05, 4.69) is 6.92 Å². The Kier molecular flexibility index (Phi) is 7.88. The summed E-state index contributed by atoms with van der Waals surface area (Å²) in [4.78, 5) is 0. The normalized spacial score (nSPS) is 12.3. The summed E-state index contributed by atoms with van der Waals surface area (Å²) in [5, 5.41) is 0. The lowest BCUT2D eigenvalue weighted by atomic mass is 10.1. The molecular weight excluding hydrogens is 312 g/mol. The van der Waals surface area contributed by atoms with Crippen LogP contribution in [-0.2, 0) is 16.9 Å². The molecule has 0 N–H and O–H groups in total. The highest BCUT2D eigenvalue weighted by atomic mass is 31.1. The second-order valence-electron chi connectivity index (χ2n) is 5.38. The van der Waals surface area contributed by atoms with E-state index >= 15 is 0 Å². The lowest BCUT2D eigenvalue weighted by molar-refractivity contribution is -0.139. The molecule has 124 valence electrons. The zero-order valence-electron chi connectivity index (χ0n) is 13.1. The Balaban J connectivity index is 2.70. The molecule has 0 bridgehead atoms. The third kappa shape index (κ3) is 6.78. The van der Waals surface area contributed by atoms with E-state index in [9.17, 15) is 17.7 Å². The van der Waals surface area contributed by atoms with Crippen molar-refractivity contribution in [1.82, 2.24) is 0 Å². The minimum atomic E-state index is -4.47. The smallest absolute Gasteiger partial charge is 0.419 e. The molecule has 1 aromatic rings. The molecule has 0 aliphatic rings. The quantitative estimate of drug-likeness (QED) is 0.408. The van der Waals surface area contributed by atoms with Gasteiger partial charge in [0.05, 0.1) is 12.2 Å². The number of hydrogen-bond acceptors (Lipinski definition) is 2. The van der Waals surface area contributed by atoms with E-state index in [1.165, 1.54) is 12.7 Å². The Labute approximate surface area is 130 Å². The minimum absolute atomic E-state index is 0.141. The molecule has 2 nitrogen and oxygen atoms in total. The molecule has 1 atom stereocenters. The summed E-state index contributed by atoms with van der Waals surface area (Å²) in [5.41, 5.74) is -0.360. The Morgan fingerprint density at radius 3 is 2.41 bits per heavy atom. The fourth-order valence-electron chi connectivity index (χ4n) is 2.17.